The number of nitrogens with one attached hydrogen (secondary N) is 1. The van der Waals surface area contributed by atoms with E-state index in [0.717, 1.165) is 5.56 Å². The molecule has 0 unspecified atom stereocenters. The van der Waals surface area contributed by atoms with Crippen molar-refractivity contribution in [1.29, 1.82) is 0 Å². The highest BCUT2D eigenvalue weighted by Gasteiger charge is 2.14. The van der Waals surface area contributed by atoms with E-state index in [-0.39, 0.29) is 5.91 Å². The molecule has 104 valence electrons. The van der Waals surface area contributed by atoms with Crippen LogP contribution in [0.1, 0.15) is 15.9 Å². The van der Waals surface area contributed by atoms with Crippen LogP contribution in [0.2, 0.25) is 5.02 Å². The van der Waals surface area contributed by atoms with Gasteiger partial charge in [0, 0.05) is 4.47 Å². The van der Waals surface area contributed by atoms with Crippen molar-refractivity contribution in [2.75, 3.05) is 12.4 Å². The van der Waals surface area contributed by atoms with Crippen molar-refractivity contribution in [3.05, 3.63) is 57.0 Å². The predicted octanol–water partition coefficient (Wildman–Crippen LogP) is 4.67. The zero-order chi connectivity index (χ0) is 14.7. The molecule has 2 aromatic rings. The van der Waals surface area contributed by atoms with Crippen LogP contribution in [0.5, 0.6) is 5.75 Å². The van der Waals surface area contributed by atoms with E-state index in [9.17, 15) is 4.79 Å². The van der Waals surface area contributed by atoms with Gasteiger partial charge in [-0.1, -0.05) is 23.7 Å². The molecule has 0 aliphatic heterocycles. The van der Waals surface area contributed by atoms with Crippen LogP contribution in [0.25, 0.3) is 0 Å². The Bertz CT molecular complexity index is 638. The van der Waals surface area contributed by atoms with Crippen molar-refractivity contribution in [2.24, 2.45) is 0 Å². The smallest absolute Gasteiger partial charge is 0.256 e. The number of halogens is 2. The van der Waals surface area contributed by atoms with Gasteiger partial charge in [-0.3, -0.25) is 4.79 Å². The average molecular weight is 355 g/mol. The SMILES string of the molecule is COc1ccc(Br)c(C(=O)Nc2c(C)cccc2Cl)c1. The molecule has 0 saturated heterocycles. The summed E-state index contributed by atoms with van der Waals surface area (Å²) in [5, 5.41) is 3.34. The van der Waals surface area contributed by atoms with E-state index in [1.54, 1.807) is 31.4 Å². The Labute approximate surface area is 131 Å². The second-order valence-electron chi connectivity index (χ2n) is 4.23. The van der Waals surface area contributed by atoms with Crippen molar-refractivity contribution in [1.82, 2.24) is 0 Å². The van der Waals surface area contributed by atoms with Gasteiger partial charge in [0.1, 0.15) is 5.75 Å². The lowest BCUT2D eigenvalue weighted by atomic mass is 10.1. The molecule has 5 heteroatoms. The third kappa shape index (κ3) is 3.14. The Hall–Kier alpha value is -1.52. The first-order valence-electron chi connectivity index (χ1n) is 5.93. The number of rotatable bonds is 3. The molecule has 0 aromatic heterocycles. The van der Waals surface area contributed by atoms with Crippen LogP contribution in [0, 0.1) is 6.92 Å². The van der Waals surface area contributed by atoms with Gasteiger partial charge in [-0.05, 0) is 52.7 Å². The van der Waals surface area contributed by atoms with Gasteiger partial charge >= 0.3 is 0 Å². The van der Waals surface area contributed by atoms with Gasteiger partial charge in [-0.2, -0.15) is 0 Å². The molecule has 0 bridgehead atoms. The maximum absolute atomic E-state index is 12.4. The third-order valence-electron chi connectivity index (χ3n) is 2.88. The summed E-state index contributed by atoms with van der Waals surface area (Å²) in [5.74, 6) is 0.376. The van der Waals surface area contributed by atoms with Gasteiger partial charge in [-0.15, -0.1) is 0 Å². The number of carbonyl (C=O) groups is 1. The molecule has 1 amide bonds. The highest BCUT2D eigenvalue weighted by atomic mass is 79.9. The molecule has 0 atom stereocenters. The highest BCUT2D eigenvalue weighted by molar-refractivity contribution is 9.10. The predicted molar refractivity (Wildman–Crippen MR) is 84.8 cm³/mol. The zero-order valence-corrected chi connectivity index (χ0v) is 13.4. The number of methoxy groups -OCH3 is 1. The maximum atomic E-state index is 12.4. The van der Waals surface area contributed by atoms with Gasteiger partial charge in [-0.25, -0.2) is 0 Å². The average Bonchev–Trinajstić information content (AvgIpc) is 2.43. The Balaban J connectivity index is 2.33. The van der Waals surface area contributed by atoms with Crippen molar-refractivity contribution in [2.45, 2.75) is 6.92 Å². The molecule has 0 radical (unpaired) electrons. The Morgan fingerprint density at radius 1 is 1.30 bits per heavy atom. The number of carbonyl (C=O) groups excluding carboxylic acids is 1. The molecule has 3 nitrogen and oxygen atoms in total. The number of hydrogen-bond donors (Lipinski definition) is 1. The molecular weight excluding hydrogens is 342 g/mol. The van der Waals surface area contributed by atoms with Gasteiger partial charge in [0.2, 0.25) is 0 Å². The molecular formula is C15H13BrClNO2. The molecule has 0 fully saturated rings. The highest BCUT2D eigenvalue weighted by Crippen LogP contribution is 2.28. The standard InChI is InChI=1S/C15H13BrClNO2/c1-9-4-3-5-13(17)14(9)18-15(19)11-8-10(20-2)6-7-12(11)16/h3-8H,1-2H3,(H,18,19). The largest absolute Gasteiger partial charge is 0.497 e. The summed E-state index contributed by atoms with van der Waals surface area (Å²) in [6, 6.07) is 10.7. The van der Waals surface area contributed by atoms with Crippen LogP contribution in [0.3, 0.4) is 0 Å². The fourth-order valence-corrected chi connectivity index (χ4v) is 2.47. The van der Waals surface area contributed by atoms with E-state index in [1.807, 2.05) is 19.1 Å². The van der Waals surface area contributed by atoms with Crippen molar-refractivity contribution in [3.63, 3.8) is 0 Å². The molecule has 0 aliphatic carbocycles. The minimum absolute atomic E-state index is 0.244. The number of ether oxygens (including phenoxy) is 1. The first-order valence-corrected chi connectivity index (χ1v) is 7.10. The molecule has 20 heavy (non-hydrogen) atoms. The minimum atomic E-state index is -0.244. The Morgan fingerprint density at radius 3 is 2.70 bits per heavy atom. The number of hydrogen-bond acceptors (Lipinski definition) is 2. The van der Waals surface area contributed by atoms with Gasteiger partial charge < -0.3 is 10.1 Å². The molecule has 0 spiro atoms. The molecule has 1 N–H and O–H groups in total. The Kier molecular flexibility index (Phi) is 4.68. The summed E-state index contributed by atoms with van der Waals surface area (Å²) in [5.41, 5.74) is 2.02. The normalized spacial score (nSPS) is 10.2. The number of amides is 1. The number of aryl methyl sites for hydroxylation is 1. The molecule has 2 aromatic carbocycles. The molecule has 2 rings (SSSR count). The van der Waals surface area contributed by atoms with E-state index in [1.165, 1.54) is 0 Å². The first kappa shape index (κ1) is 14.9. The molecule has 0 heterocycles. The number of benzene rings is 2. The second kappa shape index (κ2) is 6.29. The summed E-state index contributed by atoms with van der Waals surface area (Å²) >= 11 is 9.47. The Morgan fingerprint density at radius 2 is 2.05 bits per heavy atom. The van der Waals surface area contributed by atoms with Crippen LogP contribution < -0.4 is 10.1 Å². The summed E-state index contributed by atoms with van der Waals surface area (Å²) in [6.07, 6.45) is 0. The van der Waals surface area contributed by atoms with Crippen molar-refractivity contribution in [3.8, 4) is 5.75 Å². The summed E-state index contributed by atoms with van der Waals surface area (Å²) in [6.45, 7) is 1.89. The van der Waals surface area contributed by atoms with Crippen molar-refractivity contribution >= 4 is 39.1 Å². The summed E-state index contributed by atoms with van der Waals surface area (Å²) in [7, 11) is 1.56. The molecule has 0 aliphatic rings. The number of para-hydroxylation sites is 1. The third-order valence-corrected chi connectivity index (χ3v) is 3.89. The monoisotopic (exact) mass is 353 g/mol. The summed E-state index contributed by atoms with van der Waals surface area (Å²) < 4.78 is 5.83. The lowest BCUT2D eigenvalue weighted by Gasteiger charge is -2.12. The fraction of sp³-hybridized carbons (Fsp3) is 0.133. The van der Waals surface area contributed by atoms with E-state index < -0.39 is 0 Å². The van der Waals surface area contributed by atoms with E-state index in [2.05, 4.69) is 21.2 Å². The first-order chi connectivity index (χ1) is 9.52. The minimum Gasteiger partial charge on any atom is -0.497 e. The van der Waals surface area contributed by atoms with Crippen LogP contribution in [-0.4, -0.2) is 13.0 Å². The van der Waals surface area contributed by atoms with E-state index in [0.29, 0.717) is 26.5 Å². The quantitative estimate of drug-likeness (QED) is 0.869. The maximum Gasteiger partial charge on any atom is 0.256 e. The van der Waals surface area contributed by atoms with Crippen LogP contribution in [0.4, 0.5) is 5.69 Å². The van der Waals surface area contributed by atoms with Gasteiger partial charge in [0.15, 0.2) is 0 Å². The van der Waals surface area contributed by atoms with E-state index >= 15 is 0 Å². The van der Waals surface area contributed by atoms with Crippen LogP contribution in [-0.2, 0) is 0 Å². The van der Waals surface area contributed by atoms with Crippen LogP contribution >= 0.6 is 27.5 Å². The van der Waals surface area contributed by atoms with Crippen LogP contribution in [0.15, 0.2) is 40.9 Å². The molecule has 0 saturated carbocycles. The topological polar surface area (TPSA) is 38.3 Å². The fourth-order valence-electron chi connectivity index (χ4n) is 1.78. The summed E-state index contributed by atoms with van der Waals surface area (Å²) in [4.78, 5) is 12.4. The lowest BCUT2D eigenvalue weighted by Crippen LogP contribution is -2.14. The number of anilines is 1. The lowest BCUT2D eigenvalue weighted by molar-refractivity contribution is 0.102. The zero-order valence-electron chi connectivity index (χ0n) is 11.0. The van der Waals surface area contributed by atoms with Gasteiger partial charge in [0.25, 0.3) is 5.91 Å². The van der Waals surface area contributed by atoms with Crippen molar-refractivity contribution < 1.29 is 9.53 Å². The second-order valence-corrected chi connectivity index (χ2v) is 5.49. The van der Waals surface area contributed by atoms with Gasteiger partial charge in [0.05, 0.1) is 23.4 Å². The van der Waals surface area contributed by atoms with E-state index in [4.69, 9.17) is 16.3 Å².